The van der Waals surface area contributed by atoms with Gasteiger partial charge in [0.05, 0.1) is 6.54 Å². The van der Waals surface area contributed by atoms with Gasteiger partial charge in [-0.2, -0.15) is 0 Å². The van der Waals surface area contributed by atoms with E-state index in [1.54, 1.807) is 0 Å². The first-order valence-corrected chi connectivity index (χ1v) is 11.1. The van der Waals surface area contributed by atoms with Crippen LogP contribution < -0.4 is 5.32 Å². The molecule has 1 unspecified atom stereocenters. The molecule has 2 aliphatic heterocycles. The van der Waals surface area contributed by atoms with Crippen molar-refractivity contribution in [1.82, 2.24) is 20.1 Å². The van der Waals surface area contributed by atoms with Gasteiger partial charge in [-0.15, -0.1) is 0 Å². The van der Waals surface area contributed by atoms with Gasteiger partial charge >= 0.3 is 5.97 Å². The number of likely N-dealkylation sites (tertiary alicyclic amines) is 2. The Labute approximate surface area is 177 Å². The quantitative estimate of drug-likeness (QED) is 0.649. The van der Waals surface area contributed by atoms with Gasteiger partial charge in [0.15, 0.2) is 0 Å². The molecule has 7 nitrogen and oxygen atoms in total. The van der Waals surface area contributed by atoms with Crippen molar-refractivity contribution >= 4 is 22.8 Å². The molecule has 2 fully saturated rings. The van der Waals surface area contributed by atoms with Crippen LogP contribution in [0.3, 0.4) is 0 Å². The normalized spacial score (nSPS) is 20.3. The number of carbonyl (C=O) groups is 2. The third-order valence-electron chi connectivity index (χ3n) is 6.56. The fraction of sp³-hybridized carbons (Fsp3) is 0.565. The van der Waals surface area contributed by atoms with Gasteiger partial charge in [-0.3, -0.25) is 9.69 Å². The molecule has 4 rings (SSSR count). The van der Waals surface area contributed by atoms with Crippen molar-refractivity contribution < 1.29 is 14.7 Å². The van der Waals surface area contributed by atoms with Crippen LogP contribution in [0.1, 0.15) is 37.7 Å². The number of carboxylic acid groups (broad SMARTS) is 1. The Morgan fingerprint density at radius 3 is 2.57 bits per heavy atom. The van der Waals surface area contributed by atoms with Crippen LogP contribution in [0.15, 0.2) is 30.5 Å². The number of aliphatic carboxylic acids is 1. The van der Waals surface area contributed by atoms with Crippen LogP contribution in [-0.4, -0.2) is 76.6 Å². The van der Waals surface area contributed by atoms with Crippen molar-refractivity contribution in [3.05, 3.63) is 36.0 Å². The van der Waals surface area contributed by atoms with E-state index in [0.717, 1.165) is 42.4 Å². The number of fused-ring (bicyclic) bond motifs is 1. The third kappa shape index (κ3) is 5.02. The average molecular weight is 413 g/mol. The molecule has 1 aromatic carbocycles. The molecule has 3 heterocycles. The Hall–Kier alpha value is -2.38. The number of aromatic nitrogens is 1. The predicted octanol–water partition coefficient (Wildman–Crippen LogP) is 2.23. The lowest BCUT2D eigenvalue weighted by Crippen LogP contribution is -2.50. The highest BCUT2D eigenvalue weighted by Crippen LogP contribution is 2.21. The molecular weight excluding hydrogens is 380 g/mol. The fourth-order valence-corrected chi connectivity index (χ4v) is 4.89. The number of hydrogen-bond donors (Lipinski definition) is 3. The number of carbonyl (C=O) groups excluding carboxylic acids is 1. The van der Waals surface area contributed by atoms with Crippen molar-refractivity contribution in [2.75, 3.05) is 32.7 Å². The summed E-state index contributed by atoms with van der Waals surface area (Å²) in [5, 5.41) is 13.4. The van der Waals surface area contributed by atoms with Crippen LogP contribution in [0, 0.1) is 0 Å². The molecule has 0 radical (unpaired) electrons. The van der Waals surface area contributed by atoms with E-state index in [1.807, 2.05) is 30.5 Å². The average Bonchev–Trinajstić information content (AvgIpc) is 3.17. The highest BCUT2D eigenvalue weighted by Gasteiger charge is 2.27. The number of carboxylic acids is 1. The SMILES string of the molecule is O=C(CN1CCC(N2CCCCC2)CC1)NC(Cc1c[nH]c2ccccc12)C(=O)O. The summed E-state index contributed by atoms with van der Waals surface area (Å²) in [7, 11) is 0. The third-order valence-corrected chi connectivity index (χ3v) is 6.56. The minimum absolute atomic E-state index is 0.210. The molecule has 3 N–H and O–H groups in total. The summed E-state index contributed by atoms with van der Waals surface area (Å²) in [6, 6.07) is 7.50. The van der Waals surface area contributed by atoms with E-state index in [-0.39, 0.29) is 18.9 Å². The van der Waals surface area contributed by atoms with Gasteiger partial charge in [-0.05, 0) is 50.4 Å². The highest BCUT2D eigenvalue weighted by molar-refractivity contribution is 5.87. The number of piperidine rings is 2. The lowest BCUT2D eigenvalue weighted by atomic mass is 10.00. The van der Waals surface area contributed by atoms with Crippen molar-refractivity contribution in [3.8, 4) is 0 Å². The van der Waals surface area contributed by atoms with Gasteiger partial charge in [-0.25, -0.2) is 4.79 Å². The fourth-order valence-electron chi connectivity index (χ4n) is 4.89. The maximum atomic E-state index is 12.6. The molecule has 0 aliphatic carbocycles. The topological polar surface area (TPSA) is 88.7 Å². The molecule has 2 saturated heterocycles. The van der Waals surface area contributed by atoms with E-state index in [2.05, 4.69) is 20.1 Å². The van der Waals surface area contributed by atoms with E-state index in [4.69, 9.17) is 0 Å². The Balaban J connectivity index is 1.28. The number of nitrogens with zero attached hydrogens (tertiary/aromatic N) is 2. The number of aromatic amines is 1. The molecule has 7 heteroatoms. The number of rotatable bonds is 7. The van der Waals surface area contributed by atoms with Gasteiger partial charge in [-0.1, -0.05) is 24.6 Å². The first kappa shape index (κ1) is 20.9. The van der Waals surface area contributed by atoms with Crippen LogP contribution in [0.25, 0.3) is 10.9 Å². The van der Waals surface area contributed by atoms with E-state index in [1.165, 1.54) is 32.4 Å². The van der Waals surface area contributed by atoms with Gasteiger partial charge in [0.2, 0.25) is 5.91 Å². The second-order valence-corrected chi connectivity index (χ2v) is 8.63. The van der Waals surface area contributed by atoms with Crippen LogP contribution in [0.2, 0.25) is 0 Å². The van der Waals surface area contributed by atoms with Gasteiger partial charge in [0.25, 0.3) is 0 Å². The summed E-state index contributed by atoms with van der Waals surface area (Å²) in [4.78, 5) is 32.3. The maximum Gasteiger partial charge on any atom is 0.326 e. The Kier molecular flexibility index (Phi) is 6.69. The maximum absolute atomic E-state index is 12.6. The number of amides is 1. The predicted molar refractivity (Wildman–Crippen MR) is 116 cm³/mol. The molecule has 30 heavy (non-hydrogen) atoms. The first-order valence-electron chi connectivity index (χ1n) is 11.1. The molecular formula is C23H32N4O3. The Bertz CT molecular complexity index is 866. The monoisotopic (exact) mass is 412 g/mol. The smallest absolute Gasteiger partial charge is 0.326 e. The van der Waals surface area contributed by atoms with Crippen molar-refractivity contribution in [1.29, 1.82) is 0 Å². The van der Waals surface area contributed by atoms with Crippen molar-refractivity contribution in [2.24, 2.45) is 0 Å². The minimum Gasteiger partial charge on any atom is -0.480 e. The summed E-state index contributed by atoms with van der Waals surface area (Å²) in [6.07, 6.45) is 8.22. The molecule has 0 spiro atoms. The highest BCUT2D eigenvalue weighted by atomic mass is 16.4. The molecule has 0 saturated carbocycles. The number of para-hydroxylation sites is 1. The van der Waals surface area contributed by atoms with Crippen LogP contribution in [-0.2, 0) is 16.0 Å². The number of benzene rings is 1. The Morgan fingerprint density at radius 1 is 1.10 bits per heavy atom. The molecule has 0 bridgehead atoms. The standard InChI is InChI=1S/C23H32N4O3/c28-22(16-26-12-8-18(9-13-26)27-10-4-1-5-11-27)25-21(23(29)30)14-17-15-24-20-7-3-2-6-19(17)20/h2-3,6-7,15,18,21,24H,1,4-5,8-14,16H2,(H,25,28)(H,29,30). The minimum atomic E-state index is -1.00. The lowest BCUT2D eigenvalue weighted by molar-refractivity contribution is -0.142. The summed E-state index contributed by atoms with van der Waals surface area (Å²) in [6.45, 7) is 4.48. The lowest BCUT2D eigenvalue weighted by Gasteiger charge is -2.40. The van der Waals surface area contributed by atoms with E-state index >= 15 is 0 Å². The second kappa shape index (κ2) is 9.62. The van der Waals surface area contributed by atoms with E-state index in [9.17, 15) is 14.7 Å². The zero-order valence-electron chi connectivity index (χ0n) is 17.5. The van der Waals surface area contributed by atoms with E-state index in [0.29, 0.717) is 6.04 Å². The Morgan fingerprint density at radius 2 is 1.83 bits per heavy atom. The summed E-state index contributed by atoms with van der Waals surface area (Å²) < 4.78 is 0. The van der Waals surface area contributed by atoms with Gasteiger partial charge in [0.1, 0.15) is 6.04 Å². The summed E-state index contributed by atoms with van der Waals surface area (Å²) in [5.74, 6) is -1.21. The second-order valence-electron chi connectivity index (χ2n) is 8.63. The summed E-state index contributed by atoms with van der Waals surface area (Å²) >= 11 is 0. The molecule has 1 amide bonds. The molecule has 2 aromatic rings. The van der Waals surface area contributed by atoms with Gasteiger partial charge in [0, 0.05) is 42.7 Å². The molecule has 1 aromatic heterocycles. The number of hydrogen-bond acceptors (Lipinski definition) is 4. The van der Waals surface area contributed by atoms with Gasteiger partial charge < -0.3 is 20.3 Å². The van der Waals surface area contributed by atoms with Crippen LogP contribution in [0.4, 0.5) is 0 Å². The number of nitrogens with one attached hydrogen (secondary N) is 2. The van der Waals surface area contributed by atoms with E-state index < -0.39 is 12.0 Å². The summed E-state index contributed by atoms with van der Waals surface area (Å²) in [5.41, 5.74) is 1.88. The molecule has 1 atom stereocenters. The van der Waals surface area contributed by atoms with Crippen LogP contribution in [0.5, 0.6) is 0 Å². The van der Waals surface area contributed by atoms with Crippen molar-refractivity contribution in [3.63, 3.8) is 0 Å². The zero-order valence-corrected chi connectivity index (χ0v) is 17.5. The largest absolute Gasteiger partial charge is 0.480 e. The van der Waals surface area contributed by atoms with Crippen molar-refractivity contribution in [2.45, 2.75) is 50.6 Å². The first-order chi connectivity index (χ1) is 14.6. The molecule has 162 valence electrons. The zero-order chi connectivity index (χ0) is 20.9. The van der Waals surface area contributed by atoms with Crippen LogP contribution >= 0.6 is 0 Å². The number of H-pyrrole nitrogens is 1. The molecule has 2 aliphatic rings.